The van der Waals surface area contributed by atoms with Gasteiger partial charge in [-0.1, -0.05) is 25.4 Å². The van der Waals surface area contributed by atoms with Crippen molar-refractivity contribution < 1.29 is 0 Å². The van der Waals surface area contributed by atoms with E-state index in [-0.39, 0.29) is 5.92 Å². The van der Waals surface area contributed by atoms with E-state index in [0.29, 0.717) is 5.15 Å². The summed E-state index contributed by atoms with van der Waals surface area (Å²) in [5.41, 5.74) is 1.08. The number of hydrogen-bond donors (Lipinski definition) is 1. The number of hydrogen-bond acceptors (Lipinski definition) is 5. The fourth-order valence-corrected chi connectivity index (χ4v) is 2.56. The largest absolute Gasteiger partial charge is 0.369 e. The van der Waals surface area contributed by atoms with E-state index >= 15 is 0 Å². The number of thiazole rings is 1. The minimum absolute atomic E-state index is 0.265. The first-order valence-electron chi connectivity index (χ1n) is 6.24. The van der Waals surface area contributed by atoms with Crippen LogP contribution >= 0.6 is 22.9 Å². The third-order valence-corrected chi connectivity index (χ3v) is 3.76. The molecule has 0 aromatic carbocycles. The average molecular weight is 297 g/mol. The molecule has 2 rings (SSSR count). The van der Waals surface area contributed by atoms with Crippen LogP contribution in [-0.4, -0.2) is 21.5 Å². The third kappa shape index (κ3) is 4.14. The second-order valence-electron chi connectivity index (χ2n) is 4.65. The van der Waals surface area contributed by atoms with Gasteiger partial charge in [-0.2, -0.15) is 0 Å². The molecule has 0 radical (unpaired) electrons. The number of aromatic nitrogens is 3. The Bertz CT molecular complexity index is 553. The van der Waals surface area contributed by atoms with Crippen LogP contribution in [0.5, 0.6) is 0 Å². The molecule has 6 heteroatoms. The van der Waals surface area contributed by atoms with Gasteiger partial charge in [0.1, 0.15) is 16.8 Å². The molecule has 19 heavy (non-hydrogen) atoms. The van der Waals surface area contributed by atoms with Crippen molar-refractivity contribution in [2.45, 2.75) is 33.1 Å². The fraction of sp³-hybridized carbons (Fsp3) is 0.462. The normalized spacial score (nSPS) is 11.0. The van der Waals surface area contributed by atoms with Gasteiger partial charge < -0.3 is 5.32 Å². The molecule has 2 aromatic rings. The van der Waals surface area contributed by atoms with Crippen molar-refractivity contribution in [3.63, 3.8) is 0 Å². The summed E-state index contributed by atoms with van der Waals surface area (Å²) in [6.45, 7) is 6.89. The topological polar surface area (TPSA) is 50.7 Å². The molecule has 0 saturated heterocycles. The molecular formula is C13H17ClN4S. The van der Waals surface area contributed by atoms with Gasteiger partial charge >= 0.3 is 0 Å². The van der Waals surface area contributed by atoms with Gasteiger partial charge in [0.2, 0.25) is 0 Å². The maximum Gasteiger partial charge on any atom is 0.135 e. The van der Waals surface area contributed by atoms with Crippen LogP contribution in [0.4, 0.5) is 5.82 Å². The highest BCUT2D eigenvalue weighted by atomic mass is 35.5. The molecule has 0 saturated carbocycles. The zero-order valence-electron chi connectivity index (χ0n) is 11.3. The molecule has 102 valence electrons. The Labute approximate surface area is 122 Å². The van der Waals surface area contributed by atoms with E-state index in [1.165, 1.54) is 0 Å². The van der Waals surface area contributed by atoms with Crippen molar-refractivity contribution in [1.82, 2.24) is 15.0 Å². The zero-order chi connectivity index (χ0) is 13.8. The fourth-order valence-electron chi connectivity index (χ4n) is 1.60. The predicted molar refractivity (Wildman–Crippen MR) is 80.2 cm³/mol. The van der Waals surface area contributed by atoms with Crippen LogP contribution < -0.4 is 5.32 Å². The molecule has 0 atom stereocenters. The Hall–Kier alpha value is -1.20. The van der Waals surface area contributed by atoms with Crippen LogP contribution in [0.25, 0.3) is 0 Å². The summed E-state index contributed by atoms with van der Waals surface area (Å²) in [7, 11) is 0. The van der Waals surface area contributed by atoms with E-state index < -0.39 is 0 Å². The Morgan fingerprint density at radius 1 is 1.32 bits per heavy atom. The van der Waals surface area contributed by atoms with Crippen LogP contribution in [-0.2, 0) is 6.42 Å². The van der Waals surface area contributed by atoms with E-state index in [4.69, 9.17) is 11.6 Å². The van der Waals surface area contributed by atoms with E-state index in [9.17, 15) is 0 Å². The number of halogens is 1. The van der Waals surface area contributed by atoms with E-state index in [0.717, 1.165) is 35.3 Å². The van der Waals surface area contributed by atoms with Crippen molar-refractivity contribution in [1.29, 1.82) is 0 Å². The summed E-state index contributed by atoms with van der Waals surface area (Å²) < 4.78 is 0. The zero-order valence-corrected chi connectivity index (χ0v) is 12.8. The minimum atomic E-state index is 0.265. The average Bonchev–Trinajstić information content (AvgIpc) is 2.74. The standard InChI is InChI=1S/C13H17ClN4S/c1-8(2)13-17-10(14)6-11(18-13)15-5-4-12-16-9(3)7-19-12/h6-8H,4-5H2,1-3H3,(H,15,17,18). The van der Waals surface area contributed by atoms with E-state index in [2.05, 4.69) is 25.6 Å². The third-order valence-electron chi connectivity index (χ3n) is 2.54. The summed E-state index contributed by atoms with van der Waals surface area (Å²) in [5.74, 6) is 1.80. The van der Waals surface area contributed by atoms with Gasteiger partial charge in [-0.15, -0.1) is 11.3 Å². The highest BCUT2D eigenvalue weighted by Gasteiger charge is 2.07. The lowest BCUT2D eigenvalue weighted by atomic mass is 10.2. The van der Waals surface area contributed by atoms with Gasteiger partial charge in [0.25, 0.3) is 0 Å². The van der Waals surface area contributed by atoms with Crippen molar-refractivity contribution >= 4 is 28.8 Å². The number of aryl methyl sites for hydroxylation is 1. The molecule has 0 amide bonds. The first-order valence-corrected chi connectivity index (χ1v) is 7.49. The number of nitrogens with one attached hydrogen (secondary N) is 1. The number of anilines is 1. The molecule has 0 aliphatic heterocycles. The van der Waals surface area contributed by atoms with Crippen molar-refractivity contribution in [2.75, 3.05) is 11.9 Å². The lowest BCUT2D eigenvalue weighted by molar-refractivity contribution is 0.774. The van der Waals surface area contributed by atoms with Crippen molar-refractivity contribution in [2.24, 2.45) is 0 Å². The summed E-state index contributed by atoms with van der Waals surface area (Å²) in [6, 6.07) is 1.75. The van der Waals surface area contributed by atoms with E-state index in [1.807, 2.05) is 20.8 Å². The van der Waals surface area contributed by atoms with Gasteiger partial charge in [-0.05, 0) is 6.92 Å². The molecule has 0 fully saturated rings. The summed E-state index contributed by atoms with van der Waals surface area (Å²) in [4.78, 5) is 13.1. The molecule has 0 unspecified atom stereocenters. The van der Waals surface area contributed by atoms with Crippen LogP contribution in [0.3, 0.4) is 0 Å². The molecule has 0 aliphatic carbocycles. The lowest BCUT2D eigenvalue weighted by Gasteiger charge is -2.09. The van der Waals surface area contributed by atoms with Crippen molar-refractivity contribution in [3.8, 4) is 0 Å². The van der Waals surface area contributed by atoms with Gasteiger partial charge in [-0.25, -0.2) is 15.0 Å². The molecule has 1 N–H and O–H groups in total. The Morgan fingerprint density at radius 3 is 2.74 bits per heavy atom. The molecule has 4 nitrogen and oxygen atoms in total. The molecule has 2 heterocycles. The van der Waals surface area contributed by atoms with Crippen LogP contribution in [0.2, 0.25) is 5.15 Å². The monoisotopic (exact) mass is 296 g/mol. The molecular weight excluding hydrogens is 280 g/mol. The van der Waals surface area contributed by atoms with E-state index in [1.54, 1.807) is 17.4 Å². The smallest absolute Gasteiger partial charge is 0.135 e. The first kappa shape index (κ1) is 14.2. The van der Waals surface area contributed by atoms with Crippen LogP contribution in [0.1, 0.15) is 36.3 Å². The second-order valence-corrected chi connectivity index (χ2v) is 5.98. The van der Waals surface area contributed by atoms with Crippen LogP contribution in [0, 0.1) is 6.92 Å². The highest BCUT2D eigenvalue weighted by molar-refractivity contribution is 7.09. The van der Waals surface area contributed by atoms with Gasteiger partial charge in [0.05, 0.1) is 5.01 Å². The molecule has 0 spiro atoms. The molecule has 0 bridgehead atoms. The Kier molecular flexibility index (Phi) is 4.71. The maximum atomic E-state index is 5.99. The Morgan fingerprint density at radius 2 is 2.11 bits per heavy atom. The summed E-state index contributed by atoms with van der Waals surface area (Å²) in [6.07, 6.45) is 0.886. The predicted octanol–water partition coefficient (Wildman–Crippen LogP) is 3.67. The van der Waals surface area contributed by atoms with Gasteiger partial charge in [-0.3, -0.25) is 0 Å². The maximum absolute atomic E-state index is 5.99. The quantitative estimate of drug-likeness (QED) is 0.855. The second kappa shape index (κ2) is 6.30. The number of rotatable bonds is 5. The van der Waals surface area contributed by atoms with Crippen molar-refractivity contribution in [3.05, 3.63) is 33.1 Å². The molecule has 2 aromatic heterocycles. The first-order chi connectivity index (χ1) is 9.04. The Balaban J connectivity index is 1.95. The lowest BCUT2D eigenvalue weighted by Crippen LogP contribution is -2.08. The van der Waals surface area contributed by atoms with Crippen LogP contribution in [0.15, 0.2) is 11.4 Å². The summed E-state index contributed by atoms with van der Waals surface area (Å²) in [5, 5.41) is 6.94. The van der Waals surface area contributed by atoms with Gasteiger partial charge in [0.15, 0.2) is 0 Å². The molecule has 0 aliphatic rings. The summed E-state index contributed by atoms with van der Waals surface area (Å²) >= 11 is 7.68. The van der Waals surface area contributed by atoms with Gasteiger partial charge in [0, 0.05) is 36.0 Å². The number of nitrogens with zero attached hydrogens (tertiary/aromatic N) is 3. The SMILES string of the molecule is Cc1csc(CCNc2cc(Cl)nc(C(C)C)n2)n1. The highest BCUT2D eigenvalue weighted by Crippen LogP contribution is 2.17. The minimum Gasteiger partial charge on any atom is -0.369 e.